The van der Waals surface area contributed by atoms with Crippen LogP contribution in [0.3, 0.4) is 0 Å². The molecule has 7 nitrogen and oxygen atoms in total. The Balaban J connectivity index is 1.59. The topological polar surface area (TPSA) is 88.9 Å². The number of rotatable bonds is 7. The van der Waals surface area contributed by atoms with Crippen molar-refractivity contribution < 1.29 is 23.5 Å². The molecule has 1 aromatic carbocycles. The third-order valence-electron chi connectivity index (χ3n) is 3.89. The first-order chi connectivity index (χ1) is 13.5. The van der Waals surface area contributed by atoms with E-state index >= 15 is 0 Å². The zero-order valence-corrected chi connectivity index (χ0v) is 15.9. The number of nitrogens with zero attached hydrogens (tertiary/aromatic N) is 1. The van der Waals surface area contributed by atoms with Gasteiger partial charge in [-0.2, -0.15) is 11.3 Å². The first kappa shape index (κ1) is 19.4. The third-order valence-corrected chi connectivity index (χ3v) is 4.62. The molecular weight excluding hydrogens is 380 g/mol. The van der Waals surface area contributed by atoms with Gasteiger partial charge in [-0.25, -0.2) is 4.79 Å². The number of para-hydroxylation sites is 1. The summed E-state index contributed by atoms with van der Waals surface area (Å²) >= 11 is 1.55. The van der Waals surface area contributed by atoms with Crippen molar-refractivity contribution in [3.63, 3.8) is 0 Å². The molecule has 0 saturated carbocycles. The number of furan rings is 1. The average Bonchev–Trinajstić information content (AvgIpc) is 3.40. The highest BCUT2D eigenvalue weighted by Crippen LogP contribution is 2.18. The SMILES string of the molecule is CN(Cc1ccsc1)C(=O)COC(=O)c1ccccc1NC(=O)c1ccco1. The molecule has 0 bridgehead atoms. The summed E-state index contributed by atoms with van der Waals surface area (Å²) in [7, 11) is 1.64. The smallest absolute Gasteiger partial charge is 0.340 e. The van der Waals surface area contributed by atoms with Crippen LogP contribution in [0.5, 0.6) is 0 Å². The van der Waals surface area contributed by atoms with E-state index in [0.29, 0.717) is 6.54 Å². The van der Waals surface area contributed by atoms with E-state index in [4.69, 9.17) is 9.15 Å². The minimum Gasteiger partial charge on any atom is -0.459 e. The van der Waals surface area contributed by atoms with E-state index < -0.39 is 11.9 Å². The van der Waals surface area contributed by atoms with Gasteiger partial charge in [0.15, 0.2) is 12.4 Å². The largest absolute Gasteiger partial charge is 0.459 e. The Morgan fingerprint density at radius 1 is 1.14 bits per heavy atom. The van der Waals surface area contributed by atoms with Crippen molar-refractivity contribution in [2.45, 2.75) is 6.54 Å². The van der Waals surface area contributed by atoms with E-state index in [-0.39, 0.29) is 29.5 Å². The average molecular weight is 398 g/mol. The van der Waals surface area contributed by atoms with Crippen LogP contribution in [0.15, 0.2) is 63.9 Å². The van der Waals surface area contributed by atoms with Crippen LogP contribution in [0.2, 0.25) is 0 Å². The zero-order chi connectivity index (χ0) is 19.9. The molecule has 8 heteroatoms. The Hall–Kier alpha value is -3.39. The highest BCUT2D eigenvalue weighted by Gasteiger charge is 2.18. The minimum absolute atomic E-state index is 0.119. The molecule has 3 rings (SSSR count). The lowest BCUT2D eigenvalue weighted by Gasteiger charge is -2.16. The molecule has 0 radical (unpaired) electrons. The summed E-state index contributed by atoms with van der Waals surface area (Å²) in [5, 5.41) is 6.49. The predicted molar refractivity (Wildman–Crippen MR) is 104 cm³/mol. The van der Waals surface area contributed by atoms with Crippen LogP contribution >= 0.6 is 11.3 Å². The molecule has 0 unspecified atom stereocenters. The van der Waals surface area contributed by atoms with Gasteiger partial charge in [0.05, 0.1) is 17.5 Å². The Labute approximate surface area is 165 Å². The van der Waals surface area contributed by atoms with Gasteiger partial charge in [0.25, 0.3) is 11.8 Å². The van der Waals surface area contributed by atoms with E-state index in [0.717, 1.165) is 5.56 Å². The number of esters is 1. The second-order valence-corrected chi connectivity index (χ2v) is 6.71. The molecule has 144 valence electrons. The second kappa shape index (κ2) is 9.01. The molecule has 0 spiro atoms. The van der Waals surface area contributed by atoms with Crippen LogP contribution in [-0.2, 0) is 16.1 Å². The summed E-state index contributed by atoms with van der Waals surface area (Å²) in [5.74, 6) is -1.39. The van der Waals surface area contributed by atoms with Gasteiger partial charge in [0.2, 0.25) is 0 Å². The number of likely N-dealkylation sites (N-methyl/N-ethyl adjacent to an activating group) is 1. The number of hydrogen-bond donors (Lipinski definition) is 1. The zero-order valence-electron chi connectivity index (χ0n) is 15.1. The molecule has 1 N–H and O–H groups in total. The van der Waals surface area contributed by atoms with Gasteiger partial charge >= 0.3 is 5.97 Å². The number of amides is 2. The fraction of sp³-hybridized carbons (Fsp3) is 0.150. The Morgan fingerprint density at radius 3 is 2.68 bits per heavy atom. The lowest BCUT2D eigenvalue weighted by Crippen LogP contribution is -2.30. The number of hydrogen-bond acceptors (Lipinski definition) is 6. The van der Waals surface area contributed by atoms with Crippen LogP contribution in [0.1, 0.15) is 26.5 Å². The van der Waals surface area contributed by atoms with Crippen molar-refractivity contribution in [2.75, 3.05) is 19.0 Å². The highest BCUT2D eigenvalue weighted by atomic mass is 32.1. The van der Waals surface area contributed by atoms with Gasteiger partial charge in [-0.15, -0.1) is 0 Å². The first-order valence-electron chi connectivity index (χ1n) is 8.40. The normalized spacial score (nSPS) is 10.3. The number of carbonyl (C=O) groups is 3. The summed E-state index contributed by atoms with van der Waals surface area (Å²) in [5.41, 5.74) is 1.43. The monoisotopic (exact) mass is 398 g/mol. The minimum atomic E-state index is -0.701. The third kappa shape index (κ3) is 4.86. The molecule has 2 amide bonds. The molecule has 0 aliphatic carbocycles. The van der Waals surface area contributed by atoms with Crippen LogP contribution in [0.25, 0.3) is 0 Å². The predicted octanol–water partition coefficient (Wildman–Crippen LogP) is 3.41. The quantitative estimate of drug-likeness (QED) is 0.616. The number of ether oxygens (including phenoxy) is 1. The summed E-state index contributed by atoms with van der Waals surface area (Å²) in [6.07, 6.45) is 1.38. The fourth-order valence-corrected chi connectivity index (χ4v) is 3.08. The van der Waals surface area contributed by atoms with Gasteiger partial charge in [0.1, 0.15) is 0 Å². The van der Waals surface area contributed by atoms with Crippen LogP contribution in [-0.4, -0.2) is 36.3 Å². The van der Waals surface area contributed by atoms with E-state index in [2.05, 4.69) is 5.32 Å². The summed E-state index contributed by atoms with van der Waals surface area (Å²) < 4.78 is 10.2. The van der Waals surface area contributed by atoms with E-state index in [9.17, 15) is 14.4 Å². The number of carbonyl (C=O) groups excluding carboxylic acids is 3. The number of thiophene rings is 1. The molecule has 0 saturated heterocycles. The molecule has 0 aliphatic rings. The van der Waals surface area contributed by atoms with Crippen molar-refractivity contribution >= 4 is 34.8 Å². The lowest BCUT2D eigenvalue weighted by atomic mass is 10.1. The van der Waals surface area contributed by atoms with Gasteiger partial charge in [-0.05, 0) is 46.7 Å². The van der Waals surface area contributed by atoms with Crippen molar-refractivity contribution in [1.29, 1.82) is 0 Å². The van der Waals surface area contributed by atoms with E-state index in [1.54, 1.807) is 42.6 Å². The maximum Gasteiger partial charge on any atom is 0.340 e. The Bertz CT molecular complexity index is 951. The summed E-state index contributed by atoms with van der Waals surface area (Å²) in [4.78, 5) is 38.2. The molecule has 2 aromatic heterocycles. The molecule has 2 heterocycles. The van der Waals surface area contributed by atoms with E-state index in [1.165, 1.54) is 23.3 Å². The van der Waals surface area contributed by atoms with Gasteiger partial charge in [-0.1, -0.05) is 12.1 Å². The molecule has 0 atom stereocenters. The van der Waals surface area contributed by atoms with Gasteiger partial charge < -0.3 is 19.4 Å². The van der Waals surface area contributed by atoms with Gasteiger partial charge in [0, 0.05) is 13.6 Å². The first-order valence-corrected chi connectivity index (χ1v) is 9.35. The summed E-state index contributed by atoms with van der Waals surface area (Å²) in [6, 6.07) is 11.4. The molecular formula is C20H18N2O5S. The molecule has 0 fully saturated rings. The number of anilines is 1. The molecule has 28 heavy (non-hydrogen) atoms. The van der Waals surface area contributed by atoms with Crippen LogP contribution in [0, 0.1) is 0 Å². The Kier molecular flexibility index (Phi) is 6.23. The lowest BCUT2D eigenvalue weighted by molar-refractivity contribution is -0.133. The van der Waals surface area contributed by atoms with Crippen molar-refractivity contribution in [2.24, 2.45) is 0 Å². The van der Waals surface area contributed by atoms with Crippen LogP contribution < -0.4 is 5.32 Å². The maximum absolute atomic E-state index is 12.4. The number of nitrogens with one attached hydrogen (secondary N) is 1. The summed E-state index contributed by atoms with van der Waals surface area (Å²) in [6.45, 7) is 0.0512. The Morgan fingerprint density at radius 2 is 1.96 bits per heavy atom. The number of benzene rings is 1. The van der Waals surface area contributed by atoms with Crippen molar-refractivity contribution in [3.05, 3.63) is 76.4 Å². The fourth-order valence-electron chi connectivity index (χ4n) is 2.42. The van der Waals surface area contributed by atoms with E-state index in [1.807, 2.05) is 16.8 Å². The highest BCUT2D eigenvalue weighted by molar-refractivity contribution is 7.07. The standard InChI is InChI=1S/C20H18N2O5S/c1-22(11-14-8-10-28-13-14)18(23)12-27-20(25)15-5-2-3-6-16(15)21-19(24)17-7-4-9-26-17/h2-10,13H,11-12H2,1H3,(H,21,24). The molecule has 3 aromatic rings. The second-order valence-electron chi connectivity index (χ2n) is 5.93. The van der Waals surface area contributed by atoms with Crippen molar-refractivity contribution in [1.82, 2.24) is 4.90 Å². The maximum atomic E-state index is 12.4. The van der Waals surface area contributed by atoms with Gasteiger partial charge in [-0.3, -0.25) is 9.59 Å². The van der Waals surface area contributed by atoms with Crippen LogP contribution in [0.4, 0.5) is 5.69 Å². The molecule has 0 aliphatic heterocycles. The van der Waals surface area contributed by atoms with Crippen molar-refractivity contribution in [3.8, 4) is 0 Å².